The topological polar surface area (TPSA) is 29.0 Å². The second-order valence-electron chi connectivity index (χ2n) is 5.21. The van der Waals surface area contributed by atoms with E-state index in [1.54, 1.807) is 0 Å². The summed E-state index contributed by atoms with van der Waals surface area (Å²) in [5.41, 5.74) is 2.61. The van der Waals surface area contributed by atoms with E-state index in [0.29, 0.717) is 11.2 Å². The van der Waals surface area contributed by atoms with Crippen LogP contribution in [0.25, 0.3) is 0 Å². The van der Waals surface area contributed by atoms with Crippen molar-refractivity contribution < 1.29 is 0 Å². The van der Waals surface area contributed by atoms with Crippen LogP contribution in [-0.4, -0.2) is 16.0 Å². The van der Waals surface area contributed by atoms with E-state index in [1.165, 1.54) is 11.3 Å². The van der Waals surface area contributed by atoms with E-state index in [9.17, 15) is 0 Å². The van der Waals surface area contributed by atoms with Crippen LogP contribution in [0.3, 0.4) is 0 Å². The first-order valence-corrected chi connectivity index (χ1v) is 7.47. The number of benzene rings is 1. The molecule has 2 aromatic rings. The van der Waals surface area contributed by atoms with Crippen molar-refractivity contribution in [1.82, 2.24) is 9.97 Å². The van der Waals surface area contributed by atoms with E-state index in [4.69, 9.17) is 11.6 Å². The molecule has 0 bridgehead atoms. The van der Waals surface area contributed by atoms with Gasteiger partial charge in [0.05, 0.1) is 0 Å². The van der Waals surface area contributed by atoms with Crippen LogP contribution in [0.5, 0.6) is 0 Å². The zero-order valence-corrected chi connectivity index (χ0v) is 12.6. The average Bonchev–Trinajstić information content (AvgIpc) is 2.46. The monoisotopic (exact) mass is 287 g/mol. The van der Waals surface area contributed by atoms with Crippen LogP contribution in [0.4, 0.5) is 11.5 Å². The van der Waals surface area contributed by atoms with E-state index in [2.05, 4.69) is 46.1 Å². The van der Waals surface area contributed by atoms with Gasteiger partial charge in [0.2, 0.25) is 0 Å². The van der Waals surface area contributed by atoms with Gasteiger partial charge in [-0.15, -0.1) is 0 Å². The molecule has 0 fully saturated rings. The van der Waals surface area contributed by atoms with Gasteiger partial charge < -0.3 is 4.90 Å². The number of anilines is 2. The highest BCUT2D eigenvalue weighted by Crippen LogP contribution is 2.36. The molecule has 0 saturated carbocycles. The average molecular weight is 288 g/mol. The highest BCUT2D eigenvalue weighted by atomic mass is 35.5. The van der Waals surface area contributed by atoms with Crippen molar-refractivity contribution in [2.45, 2.75) is 39.2 Å². The van der Waals surface area contributed by atoms with Crippen molar-refractivity contribution in [2.24, 2.45) is 0 Å². The molecule has 1 aromatic heterocycles. The fourth-order valence-electron chi connectivity index (χ4n) is 2.77. The fourth-order valence-corrected chi connectivity index (χ4v) is 2.97. The summed E-state index contributed by atoms with van der Waals surface area (Å²) in [5.74, 6) is 1.70. The molecule has 1 aliphatic heterocycles. The third kappa shape index (κ3) is 2.38. The first-order chi connectivity index (χ1) is 9.69. The van der Waals surface area contributed by atoms with Crippen LogP contribution in [0, 0.1) is 0 Å². The number of aromatic nitrogens is 2. The Morgan fingerprint density at radius 1 is 1.30 bits per heavy atom. The maximum Gasteiger partial charge on any atom is 0.138 e. The Hall–Kier alpha value is -1.61. The smallest absolute Gasteiger partial charge is 0.138 e. The Morgan fingerprint density at radius 3 is 2.90 bits per heavy atom. The minimum absolute atomic E-state index is 0.417. The lowest BCUT2D eigenvalue weighted by Crippen LogP contribution is -2.34. The normalized spacial score (nSPS) is 17.9. The molecule has 20 heavy (non-hydrogen) atoms. The van der Waals surface area contributed by atoms with Gasteiger partial charge in [-0.1, -0.05) is 36.7 Å². The molecule has 3 rings (SSSR count). The summed E-state index contributed by atoms with van der Waals surface area (Å²) in [7, 11) is 0. The van der Waals surface area contributed by atoms with Crippen LogP contribution in [0.15, 0.2) is 30.3 Å². The summed E-state index contributed by atoms with van der Waals surface area (Å²) in [6.07, 6.45) is 3.03. The number of fused-ring (bicyclic) bond motifs is 1. The second-order valence-corrected chi connectivity index (χ2v) is 5.59. The molecule has 1 atom stereocenters. The number of hydrogen-bond donors (Lipinski definition) is 0. The summed E-state index contributed by atoms with van der Waals surface area (Å²) in [6, 6.07) is 10.8. The molecule has 2 heterocycles. The Kier molecular flexibility index (Phi) is 3.62. The van der Waals surface area contributed by atoms with Gasteiger partial charge in [-0.3, -0.25) is 0 Å². The minimum atomic E-state index is 0.417. The highest BCUT2D eigenvalue weighted by molar-refractivity contribution is 6.29. The van der Waals surface area contributed by atoms with E-state index in [-0.39, 0.29) is 0 Å². The Labute approximate surface area is 124 Å². The molecule has 0 N–H and O–H groups in total. The van der Waals surface area contributed by atoms with E-state index >= 15 is 0 Å². The van der Waals surface area contributed by atoms with Crippen molar-refractivity contribution in [2.75, 3.05) is 4.90 Å². The molecular weight excluding hydrogens is 270 g/mol. The first kappa shape index (κ1) is 13.4. The van der Waals surface area contributed by atoms with Gasteiger partial charge in [0.1, 0.15) is 16.8 Å². The molecule has 0 aliphatic carbocycles. The Bertz CT molecular complexity index is 627. The largest absolute Gasteiger partial charge is 0.323 e. The molecular formula is C16H18ClN3. The van der Waals surface area contributed by atoms with Gasteiger partial charge in [0, 0.05) is 24.2 Å². The zero-order valence-electron chi connectivity index (χ0n) is 11.8. The van der Waals surface area contributed by atoms with Crippen LogP contribution in [0.2, 0.25) is 5.15 Å². The first-order valence-electron chi connectivity index (χ1n) is 7.09. The van der Waals surface area contributed by atoms with Crippen molar-refractivity contribution in [3.8, 4) is 0 Å². The van der Waals surface area contributed by atoms with Crippen LogP contribution >= 0.6 is 11.6 Å². The molecule has 4 heteroatoms. The molecule has 1 aliphatic rings. The van der Waals surface area contributed by atoms with Gasteiger partial charge >= 0.3 is 0 Å². The van der Waals surface area contributed by atoms with Gasteiger partial charge in [-0.25, -0.2) is 9.97 Å². The standard InChI is InChI=1S/C16H18ClN3/c1-3-15-18-14(17)10-16(19-15)20-11(2)8-9-12-6-4-5-7-13(12)20/h4-7,10-11H,3,8-9H2,1-2H3. The maximum absolute atomic E-state index is 6.15. The van der Waals surface area contributed by atoms with E-state index in [1.807, 2.05) is 13.0 Å². The summed E-state index contributed by atoms with van der Waals surface area (Å²) >= 11 is 6.15. The molecule has 0 amide bonds. The molecule has 0 spiro atoms. The fraction of sp³-hybridized carbons (Fsp3) is 0.375. The highest BCUT2D eigenvalue weighted by Gasteiger charge is 2.25. The third-order valence-corrected chi connectivity index (χ3v) is 4.01. The number of halogens is 1. The summed E-state index contributed by atoms with van der Waals surface area (Å²) < 4.78 is 0. The van der Waals surface area contributed by atoms with Gasteiger partial charge in [0.15, 0.2) is 0 Å². The summed E-state index contributed by atoms with van der Waals surface area (Å²) in [4.78, 5) is 11.2. The van der Waals surface area contributed by atoms with Gasteiger partial charge in [-0.2, -0.15) is 0 Å². The lowest BCUT2D eigenvalue weighted by Gasteiger charge is -2.36. The predicted molar refractivity (Wildman–Crippen MR) is 82.8 cm³/mol. The molecule has 1 aromatic carbocycles. The molecule has 3 nitrogen and oxygen atoms in total. The van der Waals surface area contributed by atoms with Gasteiger partial charge in [-0.05, 0) is 31.4 Å². The number of rotatable bonds is 2. The van der Waals surface area contributed by atoms with Crippen molar-refractivity contribution in [1.29, 1.82) is 0 Å². The number of hydrogen-bond acceptors (Lipinski definition) is 3. The number of nitrogens with zero attached hydrogens (tertiary/aromatic N) is 3. The number of para-hydroxylation sites is 1. The van der Waals surface area contributed by atoms with E-state index < -0.39 is 0 Å². The zero-order chi connectivity index (χ0) is 14.1. The third-order valence-electron chi connectivity index (χ3n) is 3.81. The number of aryl methyl sites for hydroxylation is 2. The molecule has 104 valence electrons. The van der Waals surface area contributed by atoms with Crippen molar-refractivity contribution in [3.63, 3.8) is 0 Å². The molecule has 0 radical (unpaired) electrons. The summed E-state index contributed by atoms with van der Waals surface area (Å²) in [5, 5.41) is 0.516. The van der Waals surface area contributed by atoms with Crippen molar-refractivity contribution >= 4 is 23.1 Å². The lowest BCUT2D eigenvalue weighted by atomic mass is 9.97. The van der Waals surface area contributed by atoms with E-state index in [0.717, 1.165) is 30.9 Å². The SMILES string of the molecule is CCc1nc(Cl)cc(N2c3ccccc3CCC2C)n1. The lowest BCUT2D eigenvalue weighted by molar-refractivity contribution is 0.611. The predicted octanol–water partition coefficient (Wildman–Crippen LogP) is 4.17. The maximum atomic E-state index is 6.15. The Balaban J connectivity index is 2.11. The summed E-state index contributed by atoms with van der Waals surface area (Å²) in [6.45, 7) is 4.28. The van der Waals surface area contributed by atoms with Gasteiger partial charge in [0.25, 0.3) is 0 Å². The van der Waals surface area contributed by atoms with Crippen LogP contribution < -0.4 is 4.90 Å². The molecule has 0 saturated heterocycles. The van der Waals surface area contributed by atoms with Crippen LogP contribution in [0.1, 0.15) is 31.7 Å². The second kappa shape index (κ2) is 5.41. The van der Waals surface area contributed by atoms with Crippen molar-refractivity contribution in [3.05, 3.63) is 46.9 Å². The molecule has 1 unspecified atom stereocenters. The van der Waals surface area contributed by atoms with Crippen LogP contribution in [-0.2, 0) is 12.8 Å². The Morgan fingerprint density at radius 2 is 2.10 bits per heavy atom. The minimum Gasteiger partial charge on any atom is -0.323 e. The quantitative estimate of drug-likeness (QED) is 0.777.